The van der Waals surface area contributed by atoms with Gasteiger partial charge in [0.15, 0.2) is 5.78 Å². The highest BCUT2D eigenvalue weighted by Gasteiger charge is 2.57. The molecule has 26 heavy (non-hydrogen) atoms. The second kappa shape index (κ2) is 6.07. The molecule has 0 saturated heterocycles. The summed E-state index contributed by atoms with van der Waals surface area (Å²) in [6.07, 6.45) is 12.3. The molecule has 0 N–H and O–H groups in total. The summed E-state index contributed by atoms with van der Waals surface area (Å²) in [5, 5.41) is 0. The minimum Gasteiger partial charge on any atom is -0.462 e. The van der Waals surface area contributed by atoms with E-state index in [4.69, 9.17) is 4.74 Å². The molecule has 0 aromatic heterocycles. The lowest BCUT2D eigenvalue weighted by atomic mass is 9.47. The number of fused-ring (bicyclic) bond motifs is 5. The molecule has 0 heterocycles. The Morgan fingerprint density at radius 3 is 2.42 bits per heavy atom. The van der Waals surface area contributed by atoms with Gasteiger partial charge in [-0.3, -0.25) is 9.59 Å². The van der Waals surface area contributed by atoms with Crippen LogP contribution in [0.15, 0.2) is 23.3 Å². The molecular weight excluding hydrogens is 324 g/mol. The zero-order chi connectivity index (χ0) is 18.7. The smallest absolute Gasteiger partial charge is 0.302 e. The molecule has 142 valence electrons. The molecule has 2 fully saturated rings. The number of ether oxygens (including phenoxy) is 1. The van der Waals surface area contributed by atoms with E-state index in [9.17, 15) is 9.59 Å². The number of carbonyl (C=O) groups is 2. The fourth-order valence-corrected chi connectivity index (χ4v) is 7.08. The van der Waals surface area contributed by atoms with E-state index in [0.717, 1.165) is 44.1 Å². The Labute approximate surface area is 157 Å². The van der Waals surface area contributed by atoms with Crippen molar-refractivity contribution in [1.82, 2.24) is 0 Å². The van der Waals surface area contributed by atoms with E-state index in [1.165, 1.54) is 18.9 Å². The van der Waals surface area contributed by atoms with Crippen LogP contribution in [0.1, 0.15) is 72.6 Å². The molecule has 0 amide bonds. The lowest BCUT2D eigenvalue weighted by molar-refractivity contribution is -0.148. The van der Waals surface area contributed by atoms with Crippen LogP contribution in [0, 0.1) is 28.6 Å². The molecule has 3 nitrogen and oxygen atoms in total. The van der Waals surface area contributed by atoms with Crippen LogP contribution in [0.3, 0.4) is 0 Å². The fraction of sp³-hybridized carbons (Fsp3) is 0.739. The van der Waals surface area contributed by atoms with Gasteiger partial charge in [0.2, 0.25) is 0 Å². The van der Waals surface area contributed by atoms with E-state index < -0.39 is 0 Å². The largest absolute Gasteiger partial charge is 0.462 e. The van der Waals surface area contributed by atoms with Gasteiger partial charge >= 0.3 is 5.97 Å². The monoisotopic (exact) mass is 356 g/mol. The van der Waals surface area contributed by atoms with Crippen molar-refractivity contribution in [2.75, 3.05) is 0 Å². The van der Waals surface area contributed by atoms with Crippen molar-refractivity contribution in [3.05, 3.63) is 23.3 Å². The topological polar surface area (TPSA) is 43.4 Å². The Morgan fingerprint density at radius 2 is 1.73 bits per heavy atom. The minimum absolute atomic E-state index is 0.0645. The van der Waals surface area contributed by atoms with Gasteiger partial charge in [-0.15, -0.1) is 0 Å². The van der Waals surface area contributed by atoms with Crippen molar-refractivity contribution in [3.63, 3.8) is 0 Å². The third kappa shape index (κ3) is 2.53. The molecule has 0 unspecified atom stereocenters. The first-order chi connectivity index (χ1) is 12.3. The number of rotatable bonds is 2. The van der Waals surface area contributed by atoms with Crippen molar-refractivity contribution in [2.24, 2.45) is 28.6 Å². The van der Waals surface area contributed by atoms with E-state index >= 15 is 0 Å². The average Bonchev–Trinajstić information content (AvgIpc) is 2.92. The van der Waals surface area contributed by atoms with Crippen molar-refractivity contribution < 1.29 is 14.3 Å². The SMILES string of the molecule is CC(=O)O[C@H]1CC[C@@]2(C)C(=CC[C@@H]3[C@H]2CC[C@]2(C)C(C(C)=O)=CC[C@@H]32)C1. The number of Topliss-reactive ketones (excluding diaryl/α,β-unsaturated/α-hetero) is 1. The molecule has 2 saturated carbocycles. The van der Waals surface area contributed by atoms with Crippen LogP contribution < -0.4 is 0 Å². The van der Waals surface area contributed by atoms with Crippen LogP contribution in [0.25, 0.3) is 0 Å². The van der Waals surface area contributed by atoms with Crippen molar-refractivity contribution in [2.45, 2.75) is 78.7 Å². The predicted molar refractivity (Wildman–Crippen MR) is 101 cm³/mol. The van der Waals surface area contributed by atoms with Gasteiger partial charge in [0, 0.05) is 13.3 Å². The fourth-order valence-electron chi connectivity index (χ4n) is 7.08. The molecule has 6 atom stereocenters. The second-order valence-electron chi connectivity index (χ2n) is 9.60. The molecular formula is C23H32O3. The van der Waals surface area contributed by atoms with Crippen LogP contribution >= 0.6 is 0 Å². The summed E-state index contributed by atoms with van der Waals surface area (Å²) < 4.78 is 5.52. The maximum absolute atomic E-state index is 12.2. The summed E-state index contributed by atoms with van der Waals surface area (Å²) >= 11 is 0. The van der Waals surface area contributed by atoms with Crippen LogP contribution in [-0.4, -0.2) is 17.9 Å². The van der Waals surface area contributed by atoms with Crippen molar-refractivity contribution in [1.29, 1.82) is 0 Å². The molecule has 4 rings (SSSR count). The molecule has 0 aromatic rings. The summed E-state index contributed by atoms with van der Waals surface area (Å²) in [5.41, 5.74) is 2.96. The predicted octanol–water partition coefficient (Wildman–Crippen LogP) is 5.01. The molecule has 4 aliphatic rings. The quantitative estimate of drug-likeness (QED) is 0.516. The van der Waals surface area contributed by atoms with Gasteiger partial charge in [-0.25, -0.2) is 0 Å². The summed E-state index contributed by atoms with van der Waals surface area (Å²) in [5.74, 6) is 2.11. The van der Waals surface area contributed by atoms with Crippen molar-refractivity contribution in [3.8, 4) is 0 Å². The Hall–Kier alpha value is -1.38. The lowest BCUT2D eigenvalue weighted by Crippen LogP contribution is -2.50. The lowest BCUT2D eigenvalue weighted by Gasteiger charge is -2.57. The van der Waals surface area contributed by atoms with E-state index in [2.05, 4.69) is 26.0 Å². The maximum atomic E-state index is 12.2. The average molecular weight is 357 g/mol. The molecule has 0 radical (unpaired) electrons. The molecule has 3 heteroatoms. The minimum atomic E-state index is -0.157. The number of hydrogen-bond donors (Lipinski definition) is 0. The zero-order valence-corrected chi connectivity index (χ0v) is 16.6. The highest BCUT2D eigenvalue weighted by molar-refractivity contribution is 5.95. The van der Waals surface area contributed by atoms with E-state index in [1.54, 1.807) is 6.92 Å². The highest BCUT2D eigenvalue weighted by Crippen LogP contribution is 2.65. The molecule has 0 bridgehead atoms. The molecule has 4 aliphatic carbocycles. The van der Waals surface area contributed by atoms with Gasteiger partial charge in [0.25, 0.3) is 0 Å². The number of allylic oxidation sites excluding steroid dienone is 3. The molecule has 0 aromatic carbocycles. The van der Waals surface area contributed by atoms with E-state index in [0.29, 0.717) is 17.8 Å². The first-order valence-corrected chi connectivity index (χ1v) is 10.3. The third-order valence-corrected chi connectivity index (χ3v) is 8.35. The zero-order valence-electron chi connectivity index (χ0n) is 16.6. The molecule has 0 aliphatic heterocycles. The van der Waals surface area contributed by atoms with E-state index in [1.807, 2.05) is 0 Å². The van der Waals surface area contributed by atoms with Crippen LogP contribution in [0.5, 0.6) is 0 Å². The van der Waals surface area contributed by atoms with Crippen molar-refractivity contribution >= 4 is 11.8 Å². The Bertz CT molecular complexity index is 702. The Kier molecular flexibility index (Phi) is 4.20. The maximum Gasteiger partial charge on any atom is 0.302 e. The van der Waals surface area contributed by atoms with Gasteiger partial charge in [-0.05, 0) is 79.6 Å². The van der Waals surface area contributed by atoms with Gasteiger partial charge in [-0.2, -0.15) is 0 Å². The highest BCUT2D eigenvalue weighted by atomic mass is 16.5. The first-order valence-electron chi connectivity index (χ1n) is 10.3. The first kappa shape index (κ1) is 18.0. The number of hydrogen-bond acceptors (Lipinski definition) is 3. The summed E-state index contributed by atoms with van der Waals surface area (Å²) in [6.45, 7) is 8.05. The number of carbonyl (C=O) groups excluding carboxylic acids is 2. The van der Waals surface area contributed by atoms with Crippen LogP contribution in [0.4, 0.5) is 0 Å². The van der Waals surface area contributed by atoms with Gasteiger partial charge in [0.05, 0.1) is 0 Å². The summed E-state index contributed by atoms with van der Waals surface area (Å²) in [4.78, 5) is 23.5. The van der Waals surface area contributed by atoms with Gasteiger partial charge < -0.3 is 4.74 Å². The van der Waals surface area contributed by atoms with E-state index in [-0.39, 0.29) is 28.7 Å². The summed E-state index contributed by atoms with van der Waals surface area (Å²) in [7, 11) is 0. The molecule has 0 spiro atoms. The standard InChI is InChI=1S/C23H32O3/c1-14(24)19-7-8-20-18-6-5-16-13-17(26-15(2)25)9-11-22(16,3)21(18)10-12-23(19,20)4/h5,7,17-18,20-21H,6,8-13H2,1-4H3/t17-,18-,20-,21+,22-,23+/m0/s1. The Morgan fingerprint density at radius 1 is 1.00 bits per heavy atom. The normalized spacial score (nSPS) is 44.2. The van der Waals surface area contributed by atoms with Gasteiger partial charge in [0.1, 0.15) is 6.10 Å². The summed E-state index contributed by atoms with van der Waals surface area (Å²) in [6, 6.07) is 0. The van der Waals surface area contributed by atoms with Crippen LogP contribution in [-0.2, 0) is 14.3 Å². The second-order valence-corrected chi connectivity index (χ2v) is 9.60. The van der Waals surface area contributed by atoms with Gasteiger partial charge in [-0.1, -0.05) is 31.6 Å². The third-order valence-electron chi connectivity index (χ3n) is 8.35. The van der Waals surface area contributed by atoms with Crippen LogP contribution in [0.2, 0.25) is 0 Å². The number of ketones is 1. The number of esters is 1. The Balaban J connectivity index is 1.59.